The monoisotopic (exact) mass is 489 g/mol. The summed E-state index contributed by atoms with van der Waals surface area (Å²) in [6.45, 7) is 0.317. The van der Waals surface area contributed by atoms with Gasteiger partial charge in [-0.2, -0.15) is 0 Å². The summed E-state index contributed by atoms with van der Waals surface area (Å²) in [6, 6.07) is 28.1. The van der Waals surface area contributed by atoms with E-state index in [0.29, 0.717) is 24.3 Å². The third-order valence-electron chi connectivity index (χ3n) is 7.77. The number of piperidine rings is 1. The molecule has 4 unspecified atom stereocenters. The van der Waals surface area contributed by atoms with Crippen LogP contribution in [0.3, 0.4) is 0 Å². The summed E-state index contributed by atoms with van der Waals surface area (Å²) in [6.07, 6.45) is 4.47. The van der Waals surface area contributed by atoms with Crippen molar-refractivity contribution in [1.29, 1.82) is 0 Å². The number of nitrogens with zero attached hydrogens (tertiary/aromatic N) is 1. The molecule has 35 heavy (non-hydrogen) atoms. The zero-order valence-corrected chi connectivity index (χ0v) is 20.4. The third-order valence-corrected chi connectivity index (χ3v) is 9.98. The average molecular weight is 490 g/mol. The lowest BCUT2D eigenvalue weighted by Gasteiger charge is -2.54. The van der Waals surface area contributed by atoms with Crippen LogP contribution in [0.15, 0.2) is 108 Å². The van der Waals surface area contributed by atoms with Gasteiger partial charge < -0.3 is 10.2 Å². The predicted octanol–water partition coefficient (Wildman–Crippen LogP) is 4.07. The van der Waals surface area contributed by atoms with E-state index in [1.165, 1.54) is 0 Å². The molecular weight excluding hydrogens is 458 g/mol. The summed E-state index contributed by atoms with van der Waals surface area (Å²) < 4.78 is 28.0. The molecule has 2 bridgehead atoms. The molecule has 0 amide bonds. The highest BCUT2D eigenvalue weighted by Gasteiger charge is 2.67. The summed E-state index contributed by atoms with van der Waals surface area (Å²) >= 11 is 0. The first-order valence-electron chi connectivity index (χ1n) is 12.1. The number of rotatable bonds is 7. The molecule has 2 saturated heterocycles. The highest BCUT2D eigenvalue weighted by Crippen LogP contribution is 2.58. The zero-order chi connectivity index (χ0) is 24.5. The van der Waals surface area contributed by atoms with Crippen LogP contribution in [0.25, 0.3) is 0 Å². The minimum absolute atomic E-state index is 0.193. The molecule has 6 heteroatoms. The first-order valence-corrected chi connectivity index (χ1v) is 13.6. The fraction of sp³-hybridized carbons (Fsp3) is 0.310. The van der Waals surface area contributed by atoms with Crippen LogP contribution >= 0.6 is 0 Å². The number of hydrogen-bond acceptors (Lipinski definition) is 5. The van der Waals surface area contributed by atoms with Gasteiger partial charge in [-0.15, -0.1) is 0 Å². The van der Waals surface area contributed by atoms with E-state index in [-0.39, 0.29) is 19.1 Å². The quantitative estimate of drug-likeness (QED) is 0.489. The van der Waals surface area contributed by atoms with E-state index in [0.717, 1.165) is 11.1 Å². The molecule has 0 aliphatic carbocycles. The molecule has 0 radical (unpaired) electrons. The average Bonchev–Trinajstić information content (AvgIpc) is 3.16. The lowest BCUT2D eigenvalue weighted by molar-refractivity contribution is -0.117. The van der Waals surface area contributed by atoms with Crippen molar-refractivity contribution in [2.24, 2.45) is 0 Å². The molecule has 2 aliphatic heterocycles. The molecule has 5 rings (SSSR count). The van der Waals surface area contributed by atoms with Gasteiger partial charge in [-0.3, -0.25) is 4.90 Å². The van der Waals surface area contributed by atoms with Gasteiger partial charge in [0.1, 0.15) is 5.60 Å². The van der Waals surface area contributed by atoms with Crippen LogP contribution in [0, 0.1) is 0 Å². The SMILES string of the molecule is O=S(=O)(c1ccccc1)C1CC2(c3ccccc3)N(Cc3ccccc3)C1CCC2(O)/C=C\CO. The van der Waals surface area contributed by atoms with Crippen molar-refractivity contribution in [3.8, 4) is 0 Å². The number of aliphatic hydroxyl groups is 2. The van der Waals surface area contributed by atoms with Gasteiger partial charge in [0, 0.05) is 12.6 Å². The van der Waals surface area contributed by atoms with Gasteiger partial charge in [0.15, 0.2) is 9.84 Å². The predicted molar refractivity (Wildman–Crippen MR) is 136 cm³/mol. The van der Waals surface area contributed by atoms with Crippen molar-refractivity contribution >= 4 is 9.84 Å². The molecule has 3 aromatic rings. The Bertz CT molecular complexity index is 1280. The number of benzene rings is 3. The van der Waals surface area contributed by atoms with Gasteiger partial charge in [0.05, 0.1) is 22.3 Å². The Morgan fingerprint density at radius 3 is 2.14 bits per heavy atom. The molecule has 0 aromatic heterocycles. The van der Waals surface area contributed by atoms with Gasteiger partial charge in [-0.1, -0.05) is 91.0 Å². The molecule has 3 aromatic carbocycles. The second-order valence-electron chi connectivity index (χ2n) is 9.56. The van der Waals surface area contributed by atoms with E-state index in [4.69, 9.17) is 0 Å². The van der Waals surface area contributed by atoms with E-state index in [9.17, 15) is 18.6 Å². The second kappa shape index (κ2) is 9.36. The molecule has 182 valence electrons. The van der Waals surface area contributed by atoms with Crippen molar-refractivity contribution in [2.45, 2.75) is 53.1 Å². The fourth-order valence-electron chi connectivity index (χ4n) is 6.22. The maximum Gasteiger partial charge on any atom is 0.182 e. The Morgan fingerprint density at radius 1 is 0.914 bits per heavy atom. The molecule has 4 atom stereocenters. The van der Waals surface area contributed by atoms with Crippen LogP contribution in [0.1, 0.15) is 30.4 Å². The van der Waals surface area contributed by atoms with Gasteiger partial charge >= 0.3 is 0 Å². The largest absolute Gasteiger partial charge is 0.392 e. The Morgan fingerprint density at radius 2 is 1.51 bits per heavy atom. The lowest BCUT2D eigenvalue weighted by atomic mass is 9.69. The normalized spacial score (nSPS) is 29.0. The van der Waals surface area contributed by atoms with Crippen LogP contribution in [0.5, 0.6) is 0 Å². The highest BCUT2D eigenvalue weighted by atomic mass is 32.2. The van der Waals surface area contributed by atoms with Gasteiger partial charge in [-0.25, -0.2) is 8.42 Å². The van der Waals surface area contributed by atoms with Crippen molar-refractivity contribution < 1.29 is 18.6 Å². The van der Waals surface area contributed by atoms with E-state index in [2.05, 4.69) is 4.90 Å². The van der Waals surface area contributed by atoms with Crippen LogP contribution in [0.2, 0.25) is 0 Å². The lowest BCUT2D eigenvalue weighted by Crippen LogP contribution is -2.62. The molecular formula is C29H31NO4S. The van der Waals surface area contributed by atoms with Crippen LogP contribution in [-0.4, -0.2) is 47.0 Å². The summed E-state index contributed by atoms with van der Waals surface area (Å²) in [4.78, 5) is 2.53. The molecule has 2 aliphatic rings. The first-order chi connectivity index (χ1) is 16.9. The third kappa shape index (κ3) is 3.95. The standard InChI is InChI=1S/C29H31NO4S/c31-20-10-18-28(32)19-17-26-27(35(33,34)25-15-8-3-9-16-25)21-29(28,24-13-6-2-7-14-24)30(26)22-23-11-4-1-5-12-23/h1-16,18,26-27,31-32H,17,19-22H2/b18-10-. The topological polar surface area (TPSA) is 77.8 Å². The maximum absolute atomic E-state index is 14.0. The number of sulfone groups is 1. The van der Waals surface area contributed by atoms with Gasteiger partial charge in [0.2, 0.25) is 0 Å². The van der Waals surface area contributed by atoms with E-state index in [1.54, 1.807) is 36.4 Å². The molecule has 2 heterocycles. The Balaban J connectivity index is 1.72. The first kappa shape index (κ1) is 23.9. The summed E-state index contributed by atoms with van der Waals surface area (Å²) in [5.74, 6) is 0. The number of hydrogen-bond donors (Lipinski definition) is 2. The Hall–Kier alpha value is -2.77. The molecule has 0 saturated carbocycles. The van der Waals surface area contributed by atoms with Crippen molar-refractivity contribution in [2.75, 3.05) is 6.61 Å². The van der Waals surface area contributed by atoms with Crippen LogP contribution in [0.4, 0.5) is 0 Å². The van der Waals surface area contributed by atoms with E-state index >= 15 is 0 Å². The Labute approximate surface area is 207 Å². The number of aliphatic hydroxyl groups excluding tert-OH is 1. The van der Waals surface area contributed by atoms with E-state index in [1.807, 2.05) is 66.7 Å². The molecule has 5 nitrogen and oxygen atoms in total. The highest BCUT2D eigenvalue weighted by molar-refractivity contribution is 7.92. The molecule has 2 N–H and O–H groups in total. The minimum atomic E-state index is -3.66. The second-order valence-corrected chi connectivity index (χ2v) is 11.7. The minimum Gasteiger partial charge on any atom is -0.392 e. The van der Waals surface area contributed by atoms with Crippen LogP contribution < -0.4 is 0 Å². The van der Waals surface area contributed by atoms with E-state index < -0.39 is 26.2 Å². The maximum atomic E-state index is 14.0. The van der Waals surface area contributed by atoms with Crippen molar-refractivity contribution in [1.82, 2.24) is 4.90 Å². The molecule has 0 spiro atoms. The summed E-state index contributed by atoms with van der Waals surface area (Å²) in [5.41, 5.74) is -0.364. The Kier molecular flexibility index (Phi) is 6.40. The van der Waals surface area contributed by atoms with Gasteiger partial charge in [0.25, 0.3) is 0 Å². The fourth-order valence-corrected chi connectivity index (χ4v) is 8.26. The molecule has 2 fully saturated rings. The zero-order valence-electron chi connectivity index (χ0n) is 19.6. The van der Waals surface area contributed by atoms with Gasteiger partial charge in [-0.05, 0) is 42.5 Å². The number of fused-ring (bicyclic) bond motifs is 2. The van der Waals surface area contributed by atoms with Crippen molar-refractivity contribution in [3.63, 3.8) is 0 Å². The van der Waals surface area contributed by atoms with Crippen molar-refractivity contribution in [3.05, 3.63) is 114 Å². The summed E-state index contributed by atoms with van der Waals surface area (Å²) in [7, 11) is -3.66. The van der Waals surface area contributed by atoms with Crippen LogP contribution in [-0.2, 0) is 21.9 Å². The summed E-state index contributed by atoms with van der Waals surface area (Å²) in [5, 5.41) is 21.1. The smallest absolute Gasteiger partial charge is 0.182 e.